The quantitative estimate of drug-likeness (QED) is 0.648. The van der Waals surface area contributed by atoms with Crippen molar-refractivity contribution in [2.75, 3.05) is 13.2 Å². The van der Waals surface area contributed by atoms with Gasteiger partial charge in [0.05, 0.1) is 11.0 Å². The zero-order valence-corrected chi connectivity index (χ0v) is 9.80. The number of carbonyl (C=O) groups is 1. The lowest BCUT2D eigenvalue weighted by Gasteiger charge is -2.10. The highest BCUT2D eigenvalue weighted by Gasteiger charge is 2.21. The van der Waals surface area contributed by atoms with E-state index in [1.807, 2.05) is 0 Å². The maximum Gasteiger partial charge on any atom is 0.282 e. The fourth-order valence-electron chi connectivity index (χ4n) is 1.93. The van der Waals surface area contributed by atoms with Crippen LogP contribution in [0.3, 0.4) is 0 Å². The van der Waals surface area contributed by atoms with Crippen LogP contribution in [0.15, 0.2) is 24.3 Å². The molecule has 1 N–H and O–H groups in total. The van der Waals surface area contributed by atoms with E-state index in [-0.39, 0.29) is 17.4 Å². The molecule has 0 spiro atoms. The third kappa shape index (κ3) is 2.84. The van der Waals surface area contributed by atoms with Crippen molar-refractivity contribution in [3.8, 4) is 0 Å². The van der Waals surface area contributed by atoms with E-state index >= 15 is 0 Å². The summed E-state index contributed by atoms with van der Waals surface area (Å²) < 4.78 is 5.37. The lowest BCUT2D eigenvalue weighted by Crippen LogP contribution is -2.32. The first-order valence-corrected chi connectivity index (χ1v) is 5.81. The van der Waals surface area contributed by atoms with E-state index in [2.05, 4.69) is 5.32 Å². The van der Waals surface area contributed by atoms with Gasteiger partial charge in [-0.1, -0.05) is 12.1 Å². The summed E-state index contributed by atoms with van der Waals surface area (Å²) >= 11 is 0. The molecule has 0 aliphatic carbocycles. The predicted molar refractivity (Wildman–Crippen MR) is 64.4 cm³/mol. The van der Waals surface area contributed by atoms with Crippen molar-refractivity contribution in [2.24, 2.45) is 0 Å². The summed E-state index contributed by atoms with van der Waals surface area (Å²) in [4.78, 5) is 22.1. The van der Waals surface area contributed by atoms with Crippen LogP contribution in [0.4, 0.5) is 5.69 Å². The van der Waals surface area contributed by atoms with Gasteiger partial charge in [-0.3, -0.25) is 14.9 Å². The van der Waals surface area contributed by atoms with Gasteiger partial charge in [-0.15, -0.1) is 0 Å². The number of nitro benzene ring substituents is 1. The number of hydrogen-bond donors (Lipinski definition) is 1. The number of carbonyl (C=O) groups excluding carboxylic acids is 1. The van der Waals surface area contributed by atoms with Gasteiger partial charge in [0, 0.05) is 19.2 Å². The maximum absolute atomic E-state index is 11.9. The van der Waals surface area contributed by atoms with Gasteiger partial charge in [-0.05, 0) is 18.9 Å². The molecule has 1 fully saturated rings. The Labute approximate surface area is 104 Å². The van der Waals surface area contributed by atoms with E-state index in [4.69, 9.17) is 4.74 Å². The monoisotopic (exact) mass is 250 g/mol. The van der Waals surface area contributed by atoms with Gasteiger partial charge < -0.3 is 10.1 Å². The second kappa shape index (κ2) is 5.59. The summed E-state index contributed by atoms with van der Waals surface area (Å²) in [5.74, 6) is -0.433. The molecule has 1 aliphatic rings. The Kier molecular flexibility index (Phi) is 3.88. The highest BCUT2D eigenvalue weighted by Crippen LogP contribution is 2.17. The van der Waals surface area contributed by atoms with Gasteiger partial charge in [0.15, 0.2) is 0 Å². The first-order chi connectivity index (χ1) is 8.68. The van der Waals surface area contributed by atoms with Gasteiger partial charge >= 0.3 is 0 Å². The Morgan fingerprint density at radius 3 is 2.94 bits per heavy atom. The summed E-state index contributed by atoms with van der Waals surface area (Å²) in [6.45, 7) is 1.11. The fourth-order valence-corrected chi connectivity index (χ4v) is 1.93. The van der Waals surface area contributed by atoms with Gasteiger partial charge in [0.1, 0.15) is 5.56 Å². The number of hydrogen-bond acceptors (Lipinski definition) is 4. The Bertz CT molecular complexity index is 455. The molecule has 0 saturated carbocycles. The summed E-state index contributed by atoms with van der Waals surface area (Å²) in [5.41, 5.74) is -0.0946. The number of nitrogens with zero attached hydrogens (tertiary/aromatic N) is 1. The average Bonchev–Trinajstić information content (AvgIpc) is 2.89. The maximum atomic E-state index is 11.9. The second-order valence-electron chi connectivity index (χ2n) is 4.12. The molecular weight excluding hydrogens is 236 g/mol. The molecule has 96 valence electrons. The normalized spacial score (nSPS) is 18.6. The van der Waals surface area contributed by atoms with Crippen LogP contribution < -0.4 is 5.32 Å². The number of amides is 1. The smallest absolute Gasteiger partial charge is 0.282 e. The topological polar surface area (TPSA) is 81.5 Å². The third-order valence-corrected chi connectivity index (χ3v) is 2.86. The Balaban J connectivity index is 2.01. The van der Waals surface area contributed by atoms with Gasteiger partial charge in [-0.25, -0.2) is 0 Å². The molecule has 1 saturated heterocycles. The zero-order valence-electron chi connectivity index (χ0n) is 9.80. The third-order valence-electron chi connectivity index (χ3n) is 2.86. The van der Waals surface area contributed by atoms with Crippen molar-refractivity contribution in [3.05, 3.63) is 39.9 Å². The minimum Gasteiger partial charge on any atom is -0.376 e. The molecule has 1 heterocycles. The van der Waals surface area contributed by atoms with Crippen LogP contribution in [0.1, 0.15) is 23.2 Å². The molecule has 0 radical (unpaired) electrons. The molecule has 1 atom stereocenters. The van der Waals surface area contributed by atoms with Crippen LogP contribution >= 0.6 is 0 Å². The lowest BCUT2D eigenvalue weighted by atomic mass is 10.1. The molecule has 0 unspecified atom stereocenters. The molecule has 1 amide bonds. The van der Waals surface area contributed by atoms with Crippen LogP contribution in [0, 0.1) is 10.1 Å². The van der Waals surface area contributed by atoms with Gasteiger partial charge in [0.2, 0.25) is 0 Å². The Morgan fingerprint density at radius 2 is 2.28 bits per heavy atom. The first kappa shape index (κ1) is 12.5. The molecule has 6 nitrogen and oxygen atoms in total. The van der Waals surface area contributed by atoms with E-state index in [9.17, 15) is 14.9 Å². The Hall–Kier alpha value is -1.95. The van der Waals surface area contributed by atoms with E-state index in [0.29, 0.717) is 13.2 Å². The van der Waals surface area contributed by atoms with Crippen molar-refractivity contribution in [2.45, 2.75) is 18.9 Å². The van der Waals surface area contributed by atoms with E-state index in [0.717, 1.165) is 12.8 Å². The van der Waals surface area contributed by atoms with Crippen molar-refractivity contribution in [3.63, 3.8) is 0 Å². The van der Waals surface area contributed by atoms with Crippen LogP contribution in [0.5, 0.6) is 0 Å². The SMILES string of the molecule is O=C(NC[C@@H]1CCCO1)c1ccccc1[N+](=O)[O-]. The minimum atomic E-state index is -0.555. The number of benzene rings is 1. The molecule has 1 aromatic rings. The minimum absolute atomic E-state index is 0.0247. The molecule has 6 heteroatoms. The number of ether oxygens (including phenoxy) is 1. The number of nitro groups is 1. The average molecular weight is 250 g/mol. The molecule has 0 bridgehead atoms. The van der Waals surface area contributed by atoms with Crippen LogP contribution in [-0.2, 0) is 4.74 Å². The van der Waals surface area contributed by atoms with Crippen LogP contribution in [0.2, 0.25) is 0 Å². The molecular formula is C12H14N2O4. The zero-order chi connectivity index (χ0) is 13.0. The summed E-state index contributed by atoms with van der Waals surface area (Å²) in [6, 6.07) is 5.91. The summed E-state index contributed by atoms with van der Waals surface area (Å²) in [7, 11) is 0. The standard InChI is InChI=1S/C12H14N2O4/c15-12(13-8-9-4-3-7-18-9)10-5-1-2-6-11(10)14(16)17/h1-2,5-6,9H,3-4,7-8H2,(H,13,15)/t9-/m0/s1. The lowest BCUT2D eigenvalue weighted by molar-refractivity contribution is -0.385. The number of para-hydroxylation sites is 1. The molecule has 1 aliphatic heterocycles. The van der Waals surface area contributed by atoms with Gasteiger partial charge in [0.25, 0.3) is 11.6 Å². The Morgan fingerprint density at radius 1 is 1.50 bits per heavy atom. The predicted octanol–water partition coefficient (Wildman–Crippen LogP) is 1.50. The summed E-state index contributed by atoms with van der Waals surface area (Å²) in [6.07, 6.45) is 1.93. The highest BCUT2D eigenvalue weighted by molar-refractivity contribution is 5.98. The first-order valence-electron chi connectivity index (χ1n) is 5.81. The number of rotatable bonds is 4. The fraction of sp³-hybridized carbons (Fsp3) is 0.417. The van der Waals surface area contributed by atoms with E-state index in [1.165, 1.54) is 18.2 Å². The molecule has 18 heavy (non-hydrogen) atoms. The largest absolute Gasteiger partial charge is 0.376 e. The van der Waals surface area contributed by atoms with Crippen molar-refractivity contribution >= 4 is 11.6 Å². The van der Waals surface area contributed by atoms with Crippen LogP contribution in [-0.4, -0.2) is 30.1 Å². The molecule has 2 rings (SSSR count). The van der Waals surface area contributed by atoms with Gasteiger partial charge in [-0.2, -0.15) is 0 Å². The van der Waals surface area contributed by atoms with Crippen molar-refractivity contribution in [1.82, 2.24) is 5.32 Å². The van der Waals surface area contributed by atoms with Crippen LogP contribution in [0.25, 0.3) is 0 Å². The van der Waals surface area contributed by atoms with Crippen molar-refractivity contribution in [1.29, 1.82) is 0 Å². The molecule has 0 aromatic heterocycles. The molecule has 1 aromatic carbocycles. The van der Waals surface area contributed by atoms with Crippen molar-refractivity contribution < 1.29 is 14.5 Å². The summed E-state index contributed by atoms with van der Waals surface area (Å²) in [5, 5.41) is 13.5. The highest BCUT2D eigenvalue weighted by atomic mass is 16.6. The van der Waals surface area contributed by atoms with E-state index < -0.39 is 10.8 Å². The second-order valence-corrected chi connectivity index (χ2v) is 4.12. The number of nitrogens with one attached hydrogen (secondary N) is 1. The van der Waals surface area contributed by atoms with E-state index in [1.54, 1.807) is 6.07 Å².